The maximum atomic E-state index is 12.0. The number of hydrogen-bond donors (Lipinski definition) is 1. The van der Waals surface area contributed by atoms with Crippen molar-refractivity contribution in [3.05, 3.63) is 31.4 Å². The number of amides is 1. The van der Waals surface area contributed by atoms with E-state index in [9.17, 15) is 4.79 Å². The number of nitrogens with one attached hydrogen (secondary N) is 1. The van der Waals surface area contributed by atoms with Gasteiger partial charge in [0.1, 0.15) is 0 Å². The van der Waals surface area contributed by atoms with Crippen molar-refractivity contribution in [1.82, 2.24) is 4.98 Å². The minimum Gasteiger partial charge on any atom is -0.297 e. The van der Waals surface area contributed by atoms with Gasteiger partial charge >= 0.3 is 0 Å². The van der Waals surface area contributed by atoms with Gasteiger partial charge in [0.2, 0.25) is 0 Å². The first-order valence-corrected chi connectivity index (χ1v) is 8.15. The molecule has 1 N–H and O–H groups in total. The van der Waals surface area contributed by atoms with E-state index in [4.69, 9.17) is 0 Å². The topological polar surface area (TPSA) is 42.0 Å². The van der Waals surface area contributed by atoms with Crippen molar-refractivity contribution in [1.29, 1.82) is 0 Å². The molecule has 0 aliphatic heterocycles. The van der Waals surface area contributed by atoms with Crippen LogP contribution in [-0.2, 0) is 0 Å². The number of thiazole rings is 1. The molecule has 1 aliphatic rings. The molecule has 1 aliphatic carbocycles. The SMILES string of the molecule is Cc1cc(C(=O)Nc2nc(C3CC3)cs2)sc1Br. The van der Waals surface area contributed by atoms with Crippen molar-refractivity contribution in [2.75, 3.05) is 5.32 Å². The van der Waals surface area contributed by atoms with Gasteiger partial charge < -0.3 is 0 Å². The summed E-state index contributed by atoms with van der Waals surface area (Å²) in [5.74, 6) is 0.551. The molecule has 0 bridgehead atoms. The molecule has 0 spiro atoms. The second-order valence-electron chi connectivity index (χ2n) is 4.37. The van der Waals surface area contributed by atoms with Crippen molar-refractivity contribution >= 4 is 49.6 Å². The second-order valence-corrected chi connectivity index (χ2v) is 7.60. The Labute approximate surface area is 121 Å². The number of thiophene rings is 1. The van der Waals surface area contributed by atoms with E-state index < -0.39 is 0 Å². The van der Waals surface area contributed by atoms with E-state index in [-0.39, 0.29) is 5.91 Å². The summed E-state index contributed by atoms with van der Waals surface area (Å²) in [6.45, 7) is 1.98. The molecule has 0 saturated heterocycles. The van der Waals surface area contributed by atoms with Gasteiger partial charge in [-0.2, -0.15) is 0 Å². The van der Waals surface area contributed by atoms with Crippen molar-refractivity contribution in [2.45, 2.75) is 25.7 Å². The first-order chi connectivity index (χ1) is 8.63. The van der Waals surface area contributed by atoms with Crippen LogP contribution in [0.4, 0.5) is 5.13 Å². The van der Waals surface area contributed by atoms with Gasteiger partial charge in [-0.05, 0) is 47.3 Å². The molecule has 3 nitrogen and oxygen atoms in total. The fourth-order valence-electron chi connectivity index (χ4n) is 1.64. The van der Waals surface area contributed by atoms with Gasteiger partial charge in [0.05, 0.1) is 14.4 Å². The zero-order chi connectivity index (χ0) is 12.7. The molecule has 1 fully saturated rings. The van der Waals surface area contributed by atoms with Crippen LogP contribution in [0.15, 0.2) is 15.2 Å². The molecule has 94 valence electrons. The largest absolute Gasteiger partial charge is 0.297 e. The number of rotatable bonds is 3. The van der Waals surface area contributed by atoms with Crippen molar-refractivity contribution in [3.8, 4) is 0 Å². The number of halogens is 1. The van der Waals surface area contributed by atoms with Gasteiger partial charge in [-0.1, -0.05) is 0 Å². The molecule has 3 rings (SSSR count). The number of aromatic nitrogens is 1. The number of aryl methyl sites for hydroxylation is 1. The Morgan fingerprint density at radius 1 is 1.56 bits per heavy atom. The molecule has 0 atom stereocenters. The van der Waals surface area contributed by atoms with E-state index in [0.29, 0.717) is 15.9 Å². The van der Waals surface area contributed by atoms with Crippen LogP contribution < -0.4 is 5.32 Å². The molecule has 1 saturated carbocycles. The highest BCUT2D eigenvalue weighted by atomic mass is 79.9. The van der Waals surface area contributed by atoms with Crippen LogP contribution in [0.1, 0.15) is 39.7 Å². The maximum absolute atomic E-state index is 12.0. The van der Waals surface area contributed by atoms with E-state index in [1.165, 1.54) is 35.5 Å². The Morgan fingerprint density at radius 3 is 2.94 bits per heavy atom. The summed E-state index contributed by atoms with van der Waals surface area (Å²) in [6.07, 6.45) is 2.46. The Balaban J connectivity index is 1.72. The van der Waals surface area contributed by atoms with E-state index in [2.05, 4.69) is 26.2 Å². The molecular weight excluding hydrogens is 332 g/mol. The van der Waals surface area contributed by atoms with Crippen molar-refractivity contribution < 1.29 is 4.79 Å². The zero-order valence-electron chi connectivity index (χ0n) is 9.70. The summed E-state index contributed by atoms with van der Waals surface area (Å²) in [6, 6.07) is 1.89. The lowest BCUT2D eigenvalue weighted by molar-refractivity contribution is 0.103. The first-order valence-electron chi connectivity index (χ1n) is 5.66. The van der Waals surface area contributed by atoms with Gasteiger partial charge in [-0.25, -0.2) is 4.98 Å². The molecular formula is C12H11BrN2OS2. The van der Waals surface area contributed by atoms with Crippen molar-refractivity contribution in [2.24, 2.45) is 0 Å². The van der Waals surface area contributed by atoms with Gasteiger partial charge in [0.15, 0.2) is 5.13 Å². The van der Waals surface area contributed by atoms with Crippen molar-refractivity contribution in [3.63, 3.8) is 0 Å². The normalized spacial score (nSPS) is 14.8. The van der Waals surface area contributed by atoms with E-state index in [0.717, 1.165) is 15.0 Å². The van der Waals surface area contributed by atoms with Gasteiger partial charge in [-0.3, -0.25) is 10.1 Å². The van der Waals surface area contributed by atoms with Gasteiger partial charge in [-0.15, -0.1) is 22.7 Å². The fourth-order valence-corrected chi connectivity index (χ4v) is 3.86. The van der Waals surface area contributed by atoms with Crippen LogP contribution in [0.5, 0.6) is 0 Å². The van der Waals surface area contributed by atoms with E-state index in [1.807, 2.05) is 18.4 Å². The Hall–Kier alpha value is -0.720. The molecule has 1 amide bonds. The monoisotopic (exact) mass is 342 g/mol. The number of hydrogen-bond acceptors (Lipinski definition) is 4. The van der Waals surface area contributed by atoms with Crippen LogP contribution in [0.2, 0.25) is 0 Å². The Morgan fingerprint density at radius 2 is 2.33 bits per heavy atom. The highest BCUT2D eigenvalue weighted by molar-refractivity contribution is 9.11. The van der Waals surface area contributed by atoms with Gasteiger partial charge in [0, 0.05) is 11.3 Å². The van der Waals surface area contributed by atoms with Crippen LogP contribution in [0.25, 0.3) is 0 Å². The molecule has 0 radical (unpaired) electrons. The molecule has 2 aromatic rings. The first kappa shape index (κ1) is 12.3. The lowest BCUT2D eigenvalue weighted by atomic mass is 10.3. The highest BCUT2D eigenvalue weighted by Crippen LogP contribution is 2.41. The Kier molecular flexibility index (Phi) is 3.25. The average Bonchev–Trinajstić information content (AvgIpc) is 3.00. The highest BCUT2D eigenvalue weighted by Gasteiger charge is 2.26. The lowest BCUT2D eigenvalue weighted by Crippen LogP contribution is -2.09. The third kappa shape index (κ3) is 2.50. The fraction of sp³-hybridized carbons (Fsp3) is 0.333. The predicted octanol–water partition coefficient (Wildman–Crippen LogP) is 4.41. The van der Waals surface area contributed by atoms with Crippen LogP contribution in [0, 0.1) is 6.92 Å². The zero-order valence-corrected chi connectivity index (χ0v) is 12.9. The average molecular weight is 343 g/mol. The van der Waals surface area contributed by atoms with E-state index in [1.54, 1.807) is 0 Å². The molecule has 0 aromatic carbocycles. The second kappa shape index (κ2) is 4.75. The standard InChI is InChI=1S/C12H11BrN2OS2/c1-6-4-9(18-10(6)13)11(16)15-12-14-8(5-17-12)7-2-3-7/h4-5,7H,2-3H2,1H3,(H,14,15,16). The number of carbonyl (C=O) groups is 1. The third-order valence-corrected chi connectivity index (χ3v) is 5.73. The molecule has 6 heteroatoms. The summed E-state index contributed by atoms with van der Waals surface area (Å²) in [5.41, 5.74) is 2.21. The summed E-state index contributed by atoms with van der Waals surface area (Å²) in [4.78, 5) is 17.2. The molecule has 18 heavy (non-hydrogen) atoms. The molecule has 0 unspecified atom stereocenters. The summed E-state index contributed by atoms with van der Waals surface area (Å²) in [5, 5.41) is 5.60. The third-order valence-electron chi connectivity index (χ3n) is 2.82. The minimum atomic E-state index is -0.0782. The minimum absolute atomic E-state index is 0.0782. The number of nitrogens with zero attached hydrogens (tertiary/aromatic N) is 1. The quantitative estimate of drug-likeness (QED) is 0.897. The number of carbonyl (C=O) groups excluding carboxylic acids is 1. The summed E-state index contributed by atoms with van der Waals surface area (Å²) in [7, 11) is 0. The lowest BCUT2D eigenvalue weighted by Gasteiger charge is -1.97. The van der Waals surface area contributed by atoms with E-state index >= 15 is 0 Å². The smallest absolute Gasteiger partial charge is 0.267 e. The predicted molar refractivity (Wildman–Crippen MR) is 78.8 cm³/mol. The molecule has 2 heterocycles. The number of anilines is 1. The molecule has 2 aromatic heterocycles. The Bertz CT molecular complexity index is 581. The van der Waals surface area contributed by atoms with Crippen LogP contribution in [0.3, 0.4) is 0 Å². The van der Waals surface area contributed by atoms with Gasteiger partial charge in [0.25, 0.3) is 5.91 Å². The maximum Gasteiger partial charge on any atom is 0.267 e. The summed E-state index contributed by atoms with van der Waals surface area (Å²) < 4.78 is 1.01. The van der Waals surface area contributed by atoms with Crippen LogP contribution >= 0.6 is 38.6 Å². The summed E-state index contributed by atoms with van der Waals surface area (Å²) >= 11 is 6.38. The van der Waals surface area contributed by atoms with Crippen LogP contribution in [-0.4, -0.2) is 10.9 Å².